The van der Waals surface area contributed by atoms with Crippen LogP contribution in [-0.2, 0) is 4.74 Å². The van der Waals surface area contributed by atoms with Gasteiger partial charge in [-0.05, 0) is 35.9 Å². The van der Waals surface area contributed by atoms with E-state index in [1.807, 2.05) is 18.2 Å². The fourth-order valence-corrected chi connectivity index (χ4v) is 3.80. The lowest BCUT2D eigenvalue weighted by Crippen LogP contribution is -2.26. The van der Waals surface area contributed by atoms with Gasteiger partial charge in [-0.3, -0.25) is 4.79 Å². The summed E-state index contributed by atoms with van der Waals surface area (Å²) in [7, 11) is 3.07. The number of methoxy groups -OCH3 is 2. The Morgan fingerprint density at radius 3 is 2.61 bits per heavy atom. The van der Waals surface area contributed by atoms with Crippen molar-refractivity contribution in [1.82, 2.24) is 0 Å². The van der Waals surface area contributed by atoms with Crippen LogP contribution < -0.4 is 18.9 Å². The van der Waals surface area contributed by atoms with Crippen molar-refractivity contribution in [1.29, 1.82) is 0 Å². The van der Waals surface area contributed by atoms with E-state index in [4.69, 9.17) is 23.7 Å². The highest BCUT2D eigenvalue weighted by Gasteiger charge is 2.42. The lowest BCUT2D eigenvalue weighted by atomic mass is 9.83. The molecule has 148 valence electrons. The van der Waals surface area contributed by atoms with Crippen LogP contribution in [0.1, 0.15) is 22.0 Å². The molecule has 2 aliphatic heterocycles. The lowest BCUT2D eigenvalue weighted by Gasteiger charge is -2.21. The summed E-state index contributed by atoms with van der Waals surface area (Å²) < 4.78 is 27.2. The van der Waals surface area contributed by atoms with Crippen LogP contribution >= 0.6 is 0 Å². The van der Waals surface area contributed by atoms with Gasteiger partial charge in [0.05, 0.1) is 32.8 Å². The first-order valence-electron chi connectivity index (χ1n) is 9.04. The number of fused-ring (bicyclic) bond motifs is 1. The zero-order valence-corrected chi connectivity index (χ0v) is 15.7. The Bertz CT molecular complexity index is 879. The first kappa shape index (κ1) is 18.6. The van der Waals surface area contributed by atoms with Crippen LogP contribution in [0.4, 0.5) is 0 Å². The van der Waals surface area contributed by atoms with Crippen LogP contribution in [0.2, 0.25) is 0 Å². The molecule has 7 nitrogen and oxygen atoms in total. The van der Waals surface area contributed by atoms with Crippen molar-refractivity contribution >= 4 is 5.78 Å². The molecule has 2 heterocycles. The number of rotatable bonds is 6. The summed E-state index contributed by atoms with van der Waals surface area (Å²) in [6.45, 7) is 0.258. The van der Waals surface area contributed by atoms with Crippen molar-refractivity contribution in [3.8, 4) is 23.0 Å². The topological polar surface area (TPSA) is 83.5 Å². The standard InChI is InChI=1S/C21H22O7/c1-24-16-5-3-12(7-18(16)25-2)20(23)15-10-26-21(14(15)9-22)13-4-6-17-19(8-13)28-11-27-17/h3-8,14-15,21-22H,9-11H2,1-2H3/t14-,15+,21+/m0/s1. The van der Waals surface area contributed by atoms with Crippen LogP contribution in [0.15, 0.2) is 36.4 Å². The molecule has 3 atom stereocenters. The quantitative estimate of drug-likeness (QED) is 0.764. The molecular weight excluding hydrogens is 364 g/mol. The summed E-state index contributed by atoms with van der Waals surface area (Å²) in [6, 6.07) is 10.6. The third-order valence-electron chi connectivity index (χ3n) is 5.30. The van der Waals surface area contributed by atoms with Crippen LogP contribution in [-0.4, -0.2) is 45.1 Å². The van der Waals surface area contributed by atoms with Gasteiger partial charge in [-0.15, -0.1) is 0 Å². The van der Waals surface area contributed by atoms with Crippen molar-refractivity contribution in [2.75, 3.05) is 34.2 Å². The zero-order valence-electron chi connectivity index (χ0n) is 15.7. The Balaban J connectivity index is 1.58. The molecule has 2 aliphatic rings. The normalized spacial score (nSPS) is 22.9. The van der Waals surface area contributed by atoms with E-state index in [1.165, 1.54) is 7.11 Å². The lowest BCUT2D eigenvalue weighted by molar-refractivity contribution is 0.0713. The maximum atomic E-state index is 13.1. The van der Waals surface area contributed by atoms with E-state index in [0.29, 0.717) is 28.6 Å². The van der Waals surface area contributed by atoms with E-state index in [2.05, 4.69) is 0 Å². The van der Waals surface area contributed by atoms with E-state index < -0.39 is 12.0 Å². The van der Waals surface area contributed by atoms with E-state index in [0.717, 1.165) is 5.56 Å². The Labute approximate surface area is 162 Å². The van der Waals surface area contributed by atoms with Gasteiger partial charge in [-0.2, -0.15) is 0 Å². The Morgan fingerprint density at radius 2 is 1.86 bits per heavy atom. The van der Waals surface area contributed by atoms with E-state index >= 15 is 0 Å². The Hall–Kier alpha value is -2.77. The molecule has 0 bridgehead atoms. The summed E-state index contributed by atoms with van der Waals surface area (Å²) in [5.74, 6) is 1.45. The minimum absolute atomic E-state index is 0.0942. The number of aliphatic hydroxyl groups is 1. The Morgan fingerprint density at radius 1 is 1.07 bits per heavy atom. The Kier molecular flexibility index (Phi) is 5.11. The highest BCUT2D eigenvalue weighted by Crippen LogP contribution is 2.43. The van der Waals surface area contributed by atoms with Crippen molar-refractivity contribution in [3.63, 3.8) is 0 Å². The zero-order chi connectivity index (χ0) is 19.7. The van der Waals surface area contributed by atoms with E-state index in [-0.39, 0.29) is 31.7 Å². The smallest absolute Gasteiger partial charge is 0.231 e. The number of ether oxygens (including phenoxy) is 5. The number of Topliss-reactive ketones (excluding diaryl/α,β-unsaturated/α-hetero) is 1. The molecule has 1 saturated heterocycles. The largest absolute Gasteiger partial charge is 0.493 e. The number of ketones is 1. The molecule has 0 amide bonds. The molecule has 2 aromatic rings. The van der Waals surface area contributed by atoms with Crippen molar-refractivity contribution in [2.45, 2.75) is 6.10 Å². The molecule has 0 spiro atoms. The van der Waals surface area contributed by atoms with E-state index in [1.54, 1.807) is 25.3 Å². The number of aliphatic hydroxyl groups excluding tert-OH is 1. The first-order valence-corrected chi connectivity index (χ1v) is 9.04. The monoisotopic (exact) mass is 386 g/mol. The molecule has 1 fully saturated rings. The molecule has 0 radical (unpaired) electrons. The predicted octanol–water partition coefficient (Wildman–Crippen LogP) is 2.61. The second-order valence-corrected chi connectivity index (χ2v) is 6.75. The number of carbonyl (C=O) groups excluding carboxylic acids is 1. The maximum Gasteiger partial charge on any atom is 0.231 e. The summed E-state index contributed by atoms with van der Waals surface area (Å²) >= 11 is 0. The van der Waals surface area contributed by atoms with Crippen LogP contribution in [0.5, 0.6) is 23.0 Å². The molecule has 7 heteroatoms. The van der Waals surface area contributed by atoms with Crippen LogP contribution in [0, 0.1) is 11.8 Å². The molecule has 4 rings (SSSR count). The summed E-state index contributed by atoms with van der Waals surface area (Å²) in [4.78, 5) is 13.1. The third kappa shape index (κ3) is 3.16. The maximum absolute atomic E-state index is 13.1. The number of benzene rings is 2. The van der Waals surface area contributed by atoms with Crippen molar-refractivity contribution < 1.29 is 33.6 Å². The SMILES string of the molecule is COc1ccc(C(=O)[C@@H]2CO[C@H](c3ccc4c(c3)OCO4)[C@H]2CO)cc1OC. The predicted molar refractivity (Wildman–Crippen MR) is 99.2 cm³/mol. The molecule has 2 aromatic carbocycles. The third-order valence-corrected chi connectivity index (χ3v) is 5.30. The summed E-state index contributed by atoms with van der Waals surface area (Å²) in [5, 5.41) is 10.0. The fraction of sp³-hybridized carbons (Fsp3) is 0.381. The van der Waals surface area contributed by atoms with Crippen molar-refractivity contribution in [2.24, 2.45) is 11.8 Å². The highest BCUT2D eigenvalue weighted by molar-refractivity contribution is 5.99. The van der Waals surface area contributed by atoms with Crippen molar-refractivity contribution in [3.05, 3.63) is 47.5 Å². The second-order valence-electron chi connectivity index (χ2n) is 6.75. The molecule has 0 saturated carbocycles. The summed E-state index contributed by atoms with van der Waals surface area (Å²) in [5.41, 5.74) is 1.35. The first-order chi connectivity index (χ1) is 13.7. The second kappa shape index (κ2) is 7.69. The van der Waals surface area contributed by atoms with Gasteiger partial charge in [0.25, 0.3) is 0 Å². The van der Waals surface area contributed by atoms with Gasteiger partial charge < -0.3 is 28.8 Å². The molecule has 0 aromatic heterocycles. The van der Waals surface area contributed by atoms with Gasteiger partial charge in [0.2, 0.25) is 6.79 Å². The molecular formula is C21H22O7. The van der Waals surface area contributed by atoms with Gasteiger partial charge in [-0.25, -0.2) is 0 Å². The molecule has 28 heavy (non-hydrogen) atoms. The van der Waals surface area contributed by atoms with E-state index in [9.17, 15) is 9.90 Å². The summed E-state index contributed by atoms with van der Waals surface area (Å²) in [6.07, 6.45) is -0.395. The minimum Gasteiger partial charge on any atom is -0.493 e. The van der Waals surface area contributed by atoms with Gasteiger partial charge in [-0.1, -0.05) is 6.07 Å². The number of carbonyl (C=O) groups is 1. The minimum atomic E-state index is -0.460. The van der Waals surface area contributed by atoms with Gasteiger partial charge in [0.15, 0.2) is 28.8 Å². The van der Waals surface area contributed by atoms with Gasteiger partial charge >= 0.3 is 0 Å². The highest BCUT2D eigenvalue weighted by atomic mass is 16.7. The fourth-order valence-electron chi connectivity index (χ4n) is 3.80. The number of hydrogen-bond acceptors (Lipinski definition) is 7. The number of hydrogen-bond donors (Lipinski definition) is 1. The van der Waals surface area contributed by atoms with Gasteiger partial charge in [0.1, 0.15) is 0 Å². The molecule has 0 unspecified atom stereocenters. The van der Waals surface area contributed by atoms with Crippen LogP contribution in [0.3, 0.4) is 0 Å². The average molecular weight is 386 g/mol. The molecule has 1 N–H and O–H groups in total. The average Bonchev–Trinajstić information content (AvgIpc) is 3.38. The molecule has 0 aliphatic carbocycles. The van der Waals surface area contributed by atoms with Gasteiger partial charge in [0, 0.05) is 18.1 Å². The van der Waals surface area contributed by atoms with Crippen LogP contribution in [0.25, 0.3) is 0 Å².